The number of aromatic nitrogens is 4. The molecule has 0 saturated heterocycles. The lowest BCUT2D eigenvalue weighted by atomic mass is 10.3. The Balaban J connectivity index is 1.84. The van der Waals surface area contributed by atoms with E-state index in [-0.39, 0.29) is 5.25 Å². The molecular weight excluding hydrogens is 272 g/mol. The van der Waals surface area contributed by atoms with Crippen molar-refractivity contribution < 1.29 is 4.52 Å². The van der Waals surface area contributed by atoms with E-state index in [1.165, 1.54) is 0 Å². The van der Waals surface area contributed by atoms with Crippen LogP contribution < -0.4 is 0 Å². The molecule has 0 spiro atoms. The molecule has 0 radical (unpaired) electrons. The van der Waals surface area contributed by atoms with Crippen molar-refractivity contribution in [2.24, 2.45) is 0 Å². The van der Waals surface area contributed by atoms with Crippen molar-refractivity contribution in [1.82, 2.24) is 19.7 Å². The van der Waals surface area contributed by atoms with Crippen molar-refractivity contribution in [1.29, 1.82) is 0 Å². The molecule has 0 amide bonds. The average molecular weight is 286 g/mol. The number of benzene rings is 1. The van der Waals surface area contributed by atoms with Crippen LogP contribution in [0.5, 0.6) is 0 Å². The van der Waals surface area contributed by atoms with E-state index in [0.717, 1.165) is 10.8 Å². The van der Waals surface area contributed by atoms with Gasteiger partial charge in [0.05, 0.1) is 5.25 Å². The largest absolute Gasteiger partial charge is 0.338 e. The van der Waals surface area contributed by atoms with Crippen LogP contribution in [0.15, 0.2) is 52.4 Å². The van der Waals surface area contributed by atoms with E-state index < -0.39 is 0 Å². The van der Waals surface area contributed by atoms with E-state index in [4.69, 9.17) is 4.52 Å². The van der Waals surface area contributed by atoms with Crippen LogP contribution in [0, 0.1) is 6.92 Å². The summed E-state index contributed by atoms with van der Waals surface area (Å²) in [5, 5.41) is 4.78. The molecule has 1 aromatic carbocycles. The summed E-state index contributed by atoms with van der Waals surface area (Å²) in [5.74, 6) is 1.27. The molecule has 0 aliphatic rings. The van der Waals surface area contributed by atoms with E-state index >= 15 is 0 Å². The highest BCUT2D eigenvalue weighted by molar-refractivity contribution is 7.99. The number of thioether (sulfide) groups is 1. The number of para-hydroxylation sites is 1. The summed E-state index contributed by atoms with van der Waals surface area (Å²) in [6, 6.07) is 10.1. The summed E-state index contributed by atoms with van der Waals surface area (Å²) in [7, 11) is 0. The first-order valence-corrected chi connectivity index (χ1v) is 7.17. The number of nitrogens with zero attached hydrogens (tertiary/aromatic N) is 4. The Labute approximate surface area is 121 Å². The number of hydrogen-bond acceptors (Lipinski definition) is 5. The van der Waals surface area contributed by atoms with E-state index in [1.54, 1.807) is 18.0 Å². The zero-order valence-electron chi connectivity index (χ0n) is 11.2. The maximum absolute atomic E-state index is 5.20. The second kappa shape index (κ2) is 5.50. The van der Waals surface area contributed by atoms with Crippen LogP contribution in [0.1, 0.15) is 23.9 Å². The third-order valence-corrected chi connectivity index (χ3v) is 3.88. The Morgan fingerprint density at radius 2 is 2.05 bits per heavy atom. The molecule has 5 nitrogen and oxygen atoms in total. The summed E-state index contributed by atoms with van der Waals surface area (Å²) >= 11 is 1.59. The van der Waals surface area contributed by atoms with Gasteiger partial charge in [-0.3, -0.25) is 4.57 Å². The third-order valence-electron chi connectivity index (χ3n) is 2.81. The number of imidazole rings is 1. The second-order valence-electron chi connectivity index (χ2n) is 4.36. The van der Waals surface area contributed by atoms with Gasteiger partial charge in [-0.1, -0.05) is 35.1 Å². The van der Waals surface area contributed by atoms with E-state index in [2.05, 4.69) is 15.1 Å². The van der Waals surface area contributed by atoms with Crippen LogP contribution in [-0.2, 0) is 0 Å². The smallest absolute Gasteiger partial charge is 0.239 e. The molecule has 0 aliphatic heterocycles. The molecule has 3 rings (SSSR count). The van der Waals surface area contributed by atoms with Crippen LogP contribution in [0.4, 0.5) is 0 Å². The fraction of sp³-hybridized carbons (Fsp3) is 0.214. The van der Waals surface area contributed by atoms with E-state index in [0.29, 0.717) is 11.7 Å². The number of aryl methyl sites for hydroxylation is 1. The zero-order chi connectivity index (χ0) is 13.9. The minimum Gasteiger partial charge on any atom is -0.338 e. The minimum absolute atomic E-state index is 0.0565. The van der Waals surface area contributed by atoms with Crippen LogP contribution >= 0.6 is 11.8 Å². The number of rotatable bonds is 4. The molecule has 6 heteroatoms. The van der Waals surface area contributed by atoms with Crippen molar-refractivity contribution in [2.45, 2.75) is 24.3 Å². The van der Waals surface area contributed by atoms with Crippen molar-refractivity contribution in [3.05, 3.63) is 54.4 Å². The summed E-state index contributed by atoms with van der Waals surface area (Å²) in [6.07, 6.45) is 3.74. The first-order valence-electron chi connectivity index (χ1n) is 6.29. The van der Waals surface area contributed by atoms with Crippen molar-refractivity contribution in [3.63, 3.8) is 0 Å². The monoisotopic (exact) mass is 286 g/mol. The molecule has 0 fully saturated rings. The summed E-state index contributed by atoms with van der Waals surface area (Å²) in [5.41, 5.74) is 1.08. The van der Waals surface area contributed by atoms with Gasteiger partial charge in [-0.25, -0.2) is 4.98 Å². The van der Waals surface area contributed by atoms with Gasteiger partial charge in [0.25, 0.3) is 0 Å². The van der Waals surface area contributed by atoms with Gasteiger partial charge >= 0.3 is 0 Å². The first-order chi connectivity index (χ1) is 9.74. The van der Waals surface area contributed by atoms with Crippen LogP contribution in [0.25, 0.3) is 5.69 Å². The minimum atomic E-state index is 0.0565. The fourth-order valence-electron chi connectivity index (χ4n) is 1.85. The molecule has 0 aliphatic carbocycles. The van der Waals surface area contributed by atoms with Crippen molar-refractivity contribution >= 4 is 11.8 Å². The molecule has 102 valence electrons. The zero-order valence-corrected chi connectivity index (χ0v) is 12.0. The van der Waals surface area contributed by atoms with Gasteiger partial charge in [0, 0.05) is 18.1 Å². The predicted molar refractivity (Wildman–Crippen MR) is 76.9 cm³/mol. The van der Waals surface area contributed by atoms with Gasteiger partial charge in [0.15, 0.2) is 11.0 Å². The normalized spacial score (nSPS) is 12.5. The van der Waals surface area contributed by atoms with Gasteiger partial charge in [-0.2, -0.15) is 4.98 Å². The van der Waals surface area contributed by atoms with E-state index in [1.807, 2.05) is 54.9 Å². The summed E-state index contributed by atoms with van der Waals surface area (Å²) < 4.78 is 7.25. The molecule has 2 heterocycles. The highest BCUT2D eigenvalue weighted by Gasteiger charge is 2.17. The quantitative estimate of drug-likeness (QED) is 0.688. The fourth-order valence-corrected chi connectivity index (χ4v) is 2.76. The molecule has 0 unspecified atom stereocenters. The Bertz CT molecular complexity index is 692. The summed E-state index contributed by atoms with van der Waals surface area (Å²) in [4.78, 5) is 8.66. The molecular formula is C14H14N4OS. The highest BCUT2D eigenvalue weighted by atomic mass is 32.2. The summed E-state index contributed by atoms with van der Waals surface area (Å²) in [6.45, 7) is 3.84. The van der Waals surface area contributed by atoms with Gasteiger partial charge < -0.3 is 4.52 Å². The lowest BCUT2D eigenvalue weighted by molar-refractivity contribution is 0.376. The van der Waals surface area contributed by atoms with Gasteiger partial charge in [0.1, 0.15) is 0 Å². The van der Waals surface area contributed by atoms with Gasteiger partial charge in [0.2, 0.25) is 5.89 Å². The van der Waals surface area contributed by atoms with E-state index in [9.17, 15) is 0 Å². The van der Waals surface area contributed by atoms with Crippen LogP contribution in [-0.4, -0.2) is 19.7 Å². The second-order valence-corrected chi connectivity index (χ2v) is 5.66. The lowest BCUT2D eigenvalue weighted by Crippen LogP contribution is -1.97. The molecule has 0 bridgehead atoms. The first kappa shape index (κ1) is 12.9. The van der Waals surface area contributed by atoms with Crippen LogP contribution in [0.3, 0.4) is 0 Å². The SMILES string of the molecule is Cc1noc([C@H](C)Sc2nccn2-c2ccccc2)n1. The van der Waals surface area contributed by atoms with Crippen LogP contribution in [0.2, 0.25) is 0 Å². The van der Waals surface area contributed by atoms with Crippen molar-refractivity contribution in [2.75, 3.05) is 0 Å². The standard InChI is InChI=1S/C14H14N4OS/c1-10(13-16-11(2)17-19-13)20-14-15-8-9-18(14)12-6-4-3-5-7-12/h3-10H,1-2H3/t10-/m0/s1. The Morgan fingerprint density at radius 3 is 2.75 bits per heavy atom. The molecule has 20 heavy (non-hydrogen) atoms. The molecule has 0 saturated carbocycles. The number of hydrogen-bond donors (Lipinski definition) is 0. The Morgan fingerprint density at radius 1 is 1.25 bits per heavy atom. The predicted octanol–water partition coefficient (Wildman–Crippen LogP) is 3.42. The molecule has 1 atom stereocenters. The topological polar surface area (TPSA) is 56.7 Å². The van der Waals surface area contributed by atoms with Crippen molar-refractivity contribution in [3.8, 4) is 5.69 Å². The van der Waals surface area contributed by atoms with Gasteiger partial charge in [-0.05, 0) is 26.0 Å². The van der Waals surface area contributed by atoms with Gasteiger partial charge in [-0.15, -0.1) is 0 Å². The molecule has 2 aromatic heterocycles. The molecule has 0 N–H and O–H groups in total. The lowest BCUT2D eigenvalue weighted by Gasteiger charge is -2.09. The maximum Gasteiger partial charge on any atom is 0.239 e. The Hall–Kier alpha value is -2.08. The Kier molecular flexibility index (Phi) is 3.56. The third kappa shape index (κ3) is 2.60. The maximum atomic E-state index is 5.20. The highest BCUT2D eigenvalue weighted by Crippen LogP contribution is 2.33. The average Bonchev–Trinajstić information content (AvgIpc) is 3.09. The molecule has 3 aromatic rings.